The molecule has 0 bridgehead atoms. The second-order valence-electron chi connectivity index (χ2n) is 5.87. The van der Waals surface area contributed by atoms with Crippen LogP contribution in [0.5, 0.6) is 0 Å². The van der Waals surface area contributed by atoms with Gasteiger partial charge in [-0.05, 0) is 50.9 Å². The van der Waals surface area contributed by atoms with Crippen molar-refractivity contribution in [3.63, 3.8) is 0 Å². The number of nitrogens with zero attached hydrogens (tertiary/aromatic N) is 2. The van der Waals surface area contributed by atoms with Crippen molar-refractivity contribution in [1.82, 2.24) is 15.5 Å². The van der Waals surface area contributed by atoms with Gasteiger partial charge < -0.3 is 15.5 Å². The Balaban J connectivity index is 0.00000242. The predicted molar refractivity (Wildman–Crippen MR) is 105 cm³/mol. The van der Waals surface area contributed by atoms with Crippen LogP contribution in [0, 0.1) is 5.92 Å². The zero-order valence-electron chi connectivity index (χ0n) is 13.7. The van der Waals surface area contributed by atoms with Gasteiger partial charge >= 0.3 is 0 Å². The fourth-order valence-electron chi connectivity index (χ4n) is 2.75. The number of aliphatic imine (C=N–C) groups is 1. The van der Waals surface area contributed by atoms with Crippen LogP contribution in [0.3, 0.4) is 0 Å². The molecule has 0 radical (unpaired) electrons. The van der Waals surface area contributed by atoms with Crippen molar-refractivity contribution in [3.05, 3.63) is 35.9 Å². The van der Waals surface area contributed by atoms with Crippen LogP contribution in [-0.4, -0.2) is 44.6 Å². The van der Waals surface area contributed by atoms with Crippen molar-refractivity contribution in [2.45, 2.75) is 25.8 Å². The van der Waals surface area contributed by atoms with E-state index < -0.39 is 0 Å². The van der Waals surface area contributed by atoms with Crippen molar-refractivity contribution < 1.29 is 0 Å². The van der Waals surface area contributed by atoms with Crippen LogP contribution in [0.25, 0.3) is 0 Å². The van der Waals surface area contributed by atoms with E-state index in [0.29, 0.717) is 0 Å². The lowest BCUT2D eigenvalue weighted by molar-refractivity contribution is 0.213. The fourth-order valence-corrected chi connectivity index (χ4v) is 2.75. The van der Waals surface area contributed by atoms with E-state index in [-0.39, 0.29) is 24.0 Å². The van der Waals surface area contributed by atoms with Crippen LogP contribution < -0.4 is 10.6 Å². The van der Waals surface area contributed by atoms with Crippen molar-refractivity contribution in [1.29, 1.82) is 0 Å². The molecular weight excluding hydrogens is 387 g/mol. The van der Waals surface area contributed by atoms with Crippen LogP contribution in [0.2, 0.25) is 0 Å². The number of halogens is 1. The Morgan fingerprint density at radius 2 is 1.86 bits per heavy atom. The summed E-state index contributed by atoms with van der Waals surface area (Å²) in [5.41, 5.74) is 1.27. The first-order chi connectivity index (χ1) is 10.3. The van der Waals surface area contributed by atoms with Gasteiger partial charge in [0.15, 0.2) is 5.96 Å². The molecule has 124 valence electrons. The van der Waals surface area contributed by atoms with Crippen LogP contribution in [0.15, 0.2) is 35.3 Å². The summed E-state index contributed by atoms with van der Waals surface area (Å²) in [6.07, 6.45) is 3.89. The van der Waals surface area contributed by atoms with Gasteiger partial charge in [0, 0.05) is 20.1 Å². The number of piperidine rings is 1. The smallest absolute Gasteiger partial charge is 0.191 e. The van der Waals surface area contributed by atoms with Crippen LogP contribution >= 0.6 is 24.0 Å². The molecule has 22 heavy (non-hydrogen) atoms. The van der Waals surface area contributed by atoms with E-state index in [4.69, 9.17) is 0 Å². The minimum absolute atomic E-state index is 0. The van der Waals surface area contributed by atoms with E-state index in [1.807, 2.05) is 13.1 Å². The van der Waals surface area contributed by atoms with Crippen molar-refractivity contribution in [3.8, 4) is 0 Å². The molecule has 1 aliphatic rings. The molecule has 2 N–H and O–H groups in total. The van der Waals surface area contributed by atoms with Crippen LogP contribution in [-0.2, 0) is 6.54 Å². The highest BCUT2D eigenvalue weighted by atomic mass is 127. The molecule has 1 aromatic rings. The number of hydrogen-bond acceptors (Lipinski definition) is 2. The second kappa shape index (κ2) is 10.8. The Labute approximate surface area is 151 Å². The summed E-state index contributed by atoms with van der Waals surface area (Å²) < 4.78 is 0. The predicted octanol–water partition coefficient (Wildman–Crippen LogP) is 2.70. The number of hydrogen-bond donors (Lipinski definition) is 2. The molecule has 1 fully saturated rings. The molecular formula is C17H29IN4. The minimum atomic E-state index is 0. The van der Waals surface area contributed by atoms with E-state index in [0.717, 1.165) is 25.0 Å². The lowest BCUT2D eigenvalue weighted by Gasteiger charge is -2.29. The molecule has 0 atom stereocenters. The molecule has 5 heteroatoms. The van der Waals surface area contributed by atoms with Gasteiger partial charge in [-0.3, -0.25) is 4.99 Å². The largest absolute Gasteiger partial charge is 0.356 e. The monoisotopic (exact) mass is 416 g/mol. The Hall–Kier alpha value is -0.820. The molecule has 0 aromatic heterocycles. The van der Waals surface area contributed by atoms with Gasteiger partial charge in [0.05, 0.1) is 0 Å². The number of benzene rings is 1. The van der Waals surface area contributed by atoms with E-state index in [9.17, 15) is 0 Å². The van der Waals surface area contributed by atoms with Gasteiger partial charge in [-0.25, -0.2) is 0 Å². The van der Waals surface area contributed by atoms with Gasteiger partial charge in [-0.15, -0.1) is 24.0 Å². The topological polar surface area (TPSA) is 39.7 Å². The maximum atomic E-state index is 4.28. The zero-order valence-corrected chi connectivity index (χ0v) is 16.0. The fraction of sp³-hybridized carbons (Fsp3) is 0.588. The summed E-state index contributed by atoms with van der Waals surface area (Å²) in [4.78, 5) is 6.70. The summed E-state index contributed by atoms with van der Waals surface area (Å²) in [5, 5.41) is 6.78. The van der Waals surface area contributed by atoms with Crippen molar-refractivity contribution in [2.24, 2.45) is 10.9 Å². The quantitative estimate of drug-likeness (QED) is 0.441. The van der Waals surface area contributed by atoms with Crippen molar-refractivity contribution >= 4 is 29.9 Å². The summed E-state index contributed by atoms with van der Waals surface area (Å²) in [6, 6.07) is 10.4. The third-order valence-electron chi connectivity index (χ3n) is 4.21. The van der Waals surface area contributed by atoms with E-state index in [1.54, 1.807) is 0 Å². The molecule has 4 nitrogen and oxygen atoms in total. The van der Waals surface area contributed by atoms with E-state index in [2.05, 4.69) is 51.8 Å². The van der Waals surface area contributed by atoms with Gasteiger partial charge in [-0.2, -0.15) is 0 Å². The van der Waals surface area contributed by atoms with Crippen LogP contribution in [0.4, 0.5) is 0 Å². The number of guanidine groups is 1. The molecule has 1 aromatic carbocycles. The highest BCUT2D eigenvalue weighted by Crippen LogP contribution is 2.18. The lowest BCUT2D eigenvalue weighted by atomic mass is 9.94. The second-order valence-corrected chi connectivity index (χ2v) is 5.87. The number of likely N-dealkylation sites (tertiary alicyclic amines) is 1. The lowest BCUT2D eigenvalue weighted by Crippen LogP contribution is -2.38. The summed E-state index contributed by atoms with van der Waals surface area (Å²) in [7, 11) is 4.04. The first-order valence-electron chi connectivity index (χ1n) is 7.95. The third kappa shape index (κ3) is 6.96. The first-order valence-corrected chi connectivity index (χ1v) is 7.95. The summed E-state index contributed by atoms with van der Waals surface area (Å²) >= 11 is 0. The van der Waals surface area contributed by atoms with Gasteiger partial charge in [0.1, 0.15) is 0 Å². The molecule has 2 rings (SSSR count). The Morgan fingerprint density at radius 3 is 2.50 bits per heavy atom. The molecule has 1 aliphatic heterocycles. The molecule has 0 aliphatic carbocycles. The van der Waals surface area contributed by atoms with E-state index in [1.165, 1.54) is 37.9 Å². The standard InChI is InChI=1S/C17H28N4.HI/c1-18-17(20-14-16-6-4-3-5-7-16)19-11-8-15-9-12-21(2)13-10-15;/h3-7,15H,8-14H2,1-2H3,(H2,18,19,20);1H. The van der Waals surface area contributed by atoms with Gasteiger partial charge in [0.25, 0.3) is 0 Å². The number of rotatable bonds is 5. The summed E-state index contributed by atoms with van der Waals surface area (Å²) in [6.45, 7) is 4.30. The molecule has 0 saturated carbocycles. The summed E-state index contributed by atoms with van der Waals surface area (Å²) in [5.74, 6) is 1.76. The molecule has 0 spiro atoms. The highest BCUT2D eigenvalue weighted by Gasteiger charge is 2.16. The normalized spacial score (nSPS) is 16.9. The Bertz CT molecular complexity index is 428. The molecule has 0 unspecified atom stereocenters. The first kappa shape index (κ1) is 19.2. The zero-order chi connectivity index (χ0) is 14.9. The average molecular weight is 416 g/mol. The van der Waals surface area contributed by atoms with Gasteiger partial charge in [-0.1, -0.05) is 30.3 Å². The maximum absolute atomic E-state index is 4.28. The Kier molecular flexibility index (Phi) is 9.47. The highest BCUT2D eigenvalue weighted by molar-refractivity contribution is 14.0. The number of nitrogens with one attached hydrogen (secondary N) is 2. The minimum Gasteiger partial charge on any atom is -0.356 e. The van der Waals surface area contributed by atoms with E-state index >= 15 is 0 Å². The molecule has 1 heterocycles. The third-order valence-corrected chi connectivity index (χ3v) is 4.21. The maximum Gasteiger partial charge on any atom is 0.191 e. The Morgan fingerprint density at radius 1 is 1.18 bits per heavy atom. The molecule has 1 saturated heterocycles. The molecule has 0 amide bonds. The van der Waals surface area contributed by atoms with Crippen molar-refractivity contribution in [2.75, 3.05) is 33.7 Å². The SMILES string of the molecule is CN=C(NCCC1CCN(C)CC1)NCc1ccccc1.I. The average Bonchev–Trinajstić information content (AvgIpc) is 2.53. The van der Waals surface area contributed by atoms with Crippen LogP contribution in [0.1, 0.15) is 24.8 Å². The van der Waals surface area contributed by atoms with Gasteiger partial charge in [0.2, 0.25) is 0 Å².